The van der Waals surface area contributed by atoms with E-state index >= 15 is 0 Å². The fraction of sp³-hybridized carbons (Fsp3) is 0. The molecule has 0 spiro atoms. The first kappa shape index (κ1) is 38.2. The lowest BCUT2D eigenvalue weighted by Crippen LogP contribution is -2.10. The average molecular weight is 863 g/mol. The second kappa shape index (κ2) is 15.8. The fourth-order valence-electron chi connectivity index (χ4n) is 9.32. The molecule has 0 fully saturated rings. The van der Waals surface area contributed by atoms with Gasteiger partial charge in [-0.1, -0.05) is 72.8 Å². The van der Waals surface area contributed by atoms with E-state index < -0.39 is 0 Å². The van der Waals surface area contributed by atoms with Crippen LogP contribution in [0, 0.1) is 0 Å². The smallest absolute Gasteiger partial charge is 0.227 e. The quantitative estimate of drug-likeness (QED) is 0.143. The van der Waals surface area contributed by atoms with Crippen molar-refractivity contribution in [1.82, 2.24) is 19.5 Å². The van der Waals surface area contributed by atoms with Crippen LogP contribution in [0.3, 0.4) is 0 Å². The van der Waals surface area contributed by atoms with Crippen LogP contribution in [0.4, 0.5) is 34.1 Å². The summed E-state index contributed by atoms with van der Waals surface area (Å²) < 4.78 is 14.6. The third-order valence-corrected chi connectivity index (χ3v) is 12.5. The Balaban J connectivity index is 0.932. The molecule has 0 saturated carbocycles. The van der Waals surface area contributed by atoms with Crippen molar-refractivity contribution in [1.29, 1.82) is 0 Å². The summed E-state index contributed by atoms with van der Waals surface area (Å²) in [6, 6.07) is 75.9. The van der Waals surface area contributed by atoms with Crippen molar-refractivity contribution < 1.29 is 8.83 Å². The van der Waals surface area contributed by atoms with E-state index in [1.165, 1.54) is 5.39 Å². The highest BCUT2D eigenvalue weighted by atomic mass is 16.4. The topological polar surface area (TPSA) is 76.4 Å². The molecule has 0 unspecified atom stereocenters. The van der Waals surface area contributed by atoms with Crippen molar-refractivity contribution in [3.05, 3.63) is 231 Å². The molecule has 13 aromatic rings. The molecule has 0 N–H and O–H groups in total. The Hall–Kier alpha value is -9.27. The molecule has 0 amide bonds. The summed E-state index contributed by atoms with van der Waals surface area (Å²) in [6.45, 7) is 0. The van der Waals surface area contributed by atoms with Crippen LogP contribution in [0.1, 0.15) is 0 Å². The van der Waals surface area contributed by atoms with Crippen molar-refractivity contribution >= 4 is 88.9 Å². The van der Waals surface area contributed by atoms with Crippen molar-refractivity contribution in [2.24, 2.45) is 0 Å². The highest BCUT2D eigenvalue weighted by Crippen LogP contribution is 2.43. The van der Waals surface area contributed by atoms with Gasteiger partial charge in [-0.15, -0.1) is 0 Å². The Morgan fingerprint density at radius 1 is 0.373 bits per heavy atom. The lowest BCUT2D eigenvalue weighted by atomic mass is 10.0. The number of para-hydroxylation sites is 6. The highest BCUT2D eigenvalue weighted by molar-refractivity contribution is 6.15. The van der Waals surface area contributed by atoms with Gasteiger partial charge in [0.2, 0.25) is 11.8 Å². The molecule has 4 heterocycles. The van der Waals surface area contributed by atoms with E-state index in [0.29, 0.717) is 11.8 Å². The van der Waals surface area contributed by atoms with E-state index in [1.54, 1.807) is 6.20 Å². The minimum Gasteiger partial charge on any atom is -0.436 e. The molecule has 0 saturated heterocycles. The molecule has 13 rings (SSSR count). The molecule has 0 aliphatic heterocycles. The van der Waals surface area contributed by atoms with Crippen LogP contribution in [0.15, 0.2) is 240 Å². The van der Waals surface area contributed by atoms with Gasteiger partial charge in [0.25, 0.3) is 0 Å². The second-order valence-corrected chi connectivity index (χ2v) is 16.6. The third kappa shape index (κ3) is 6.74. The zero-order chi connectivity index (χ0) is 44.3. The summed E-state index contributed by atoms with van der Waals surface area (Å²) in [7, 11) is 0. The molecule has 0 aliphatic rings. The summed E-state index contributed by atoms with van der Waals surface area (Å²) in [5.74, 6) is 1.19. The number of oxazole rings is 2. The molecule has 0 radical (unpaired) electrons. The van der Waals surface area contributed by atoms with Gasteiger partial charge in [-0.05, 0) is 156 Å². The van der Waals surface area contributed by atoms with Gasteiger partial charge in [0.15, 0.2) is 11.2 Å². The summed E-state index contributed by atoms with van der Waals surface area (Å²) in [5.41, 5.74) is 14.4. The molecule has 8 heteroatoms. The lowest BCUT2D eigenvalue weighted by Gasteiger charge is -2.26. The van der Waals surface area contributed by atoms with Crippen LogP contribution >= 0.6 is 0 Å². The summed E-state index contributed by atoms with van der Waals surface area (Å²) in [4.78, 5) is 18.6. The van der Waals surface area contributed by atoms with Crippen molar-refractivity contribution in [2.45, 2.75) is 0 Å². The van der Waals surface area contributed by atoms with Crippen molar-refractivity contribution in [3.63, 3.8) is 0 Å². The maximum atomic E-state index is 6.12. The number of aromatic nitrogens is 4. The van der Waals surface area contributed by atoms with Gasteiger partial charge >= 0.3 is 0 Å². The van der Waals surface area contributed by atoms with Gasteiger partial charge in [0.05, 0.1) is 22.9 Å². The Labute approximate surface area is 384 Å². The Morgan fingerprint density at radius 2 is 0.896 bits per heavy atom. The van der Waals surface area contributed by atoms with Gasteiger partial charge in [0, 0.05) is 62.2 Å². The van der Waals surface area contributed by atoms with Crippen molar-refractivity contribution in [3.8, 4) is 28.6 Å². The van der Waals surface area contributed by atoms with E-state index in [4.69, 9.17) is 18.8 Å². The molecule has 0 aliphatic carbocycles. The number of nitrogens with zero attached hydrogens (tertiary/aromatic N) is 6. The molecule has 9 aromatic carbocycles. The maximum absolute atomic E-state index is 6.12. The number of hydrogen-bond donors (Lipinski definition) is 0. The largest absolute Gasteiger partial charge is 0.436 e. The first-order chi connectivity index (χ1) is 33.2. The third-order valence-electron chi connectivity index (χ3n) is 12.5. The fourth-order valence-corrected chi connectivity index (χ4v) is 9.32. The van der Waals surface area contributed by atoms with Crippen LogP contribution < -0.4 is 9.80 Å². The van der Waals surface area contributed by atoms with Crippen LogP contribution in [0.5, 0.6) is 0 Å². The number of rotatable bonds is 9. The lowest BCUT2D eigenvalue weighted by molar-refractivity contribution is 0.619. The molecular weight excluding hydrogens is 825 g/mol. The zero-order valence-corrected chi connectivity index (χ0v) is 35.9. The van der Waals surface area contributed by atoms with Gasteiger partial charge in [-0.25, -0.2) is 9.97 Å². The molecule has 0 bridgehead atoms. The van der Waals surface area contributed by atoms with E-state index in [1.807, 2.05) is 60.8 Å². The van der Waals surface area contributed by atoms with E-state index in [-0.39, 0.29) is 0 Å². The SMILES string of the molecule is c1ccc(N(c2ccc(-c3nc4ccccc4o3)cc2)c2ccc3cc4c5ccc(N(c6ccc(-c7nc8ccccc8o7)cc6)c6cccnc6)cc5n(-c5ccccc5)c4cc3c2)cc1. The summed E-state index contributed by atoms with van der Waals surface area (Å²) >= 11 is 0. The first-order valence-electron chi connectivity index (χ1n) is 22.2. The van der Waals surface area contributed by atoms with Crippen molar-refractivity contribution in [2.75, 3.05) is 9.80 Å². The molecule has 8 nitrogen and oxygen atoms in total. The van der Waals surface area contributed by atoms with Crippen LogP contribution in [0.25, 0.3) is 83.4 Å². The molecular formula is C59H38N6O2. The highest BCUT2D eigenvalue weighted by Gasteiger charge is 2.21. The Morgan fingerprint density at radius 3 is 1.52 bits per heavy atom. The van der Waals surface area contributed by atoms with Gasteiger partial charge in [-0.3, -0.25) is 4.98 Å². The number of fused-ring (bicyclic) bond motifs is 6. The molecule has 0 atom stereocenters. The predicted molar refractivity (Wildman–Crippen MR) is 271 cm³/mol. The zero-order valence-electron chi connectivity index (χ0n) is 35.9. The number of benzene rings is 9. The predicted octanol–water partition coefficient (Wildman–Crippen LogP) is 15.9. The number of hydrogen-bond acceptors (Lipinski definition) is 7. The van der Waals surface area contributed by atoms with Gasteiger partial charge in [-0.2, -0.15) is 0 Å². The van der Waals surface area contributed by atoms with E-state index in [9.17, 15) is 0 Å². The molecule has 67 heavy (non-hydrogen) atoms. The van der Waals surface area contributed by atoms with Crippen LogP contribution in [-0.2, 0) is 0 Å². The monoisotopic (exact) mass is 862 g/mol. The van der Waals surface area contributed by atoms with Crippen LogP contribution in [-0.4, -0.2) is 19.5 Å². The summed E-state index contributed by atoms with van der Waals surface area (Å²) in [6.07, 6.45) is 3.71. The minimum absolute atomic E-state index is 0.591. The maximum Gasteiger partial charge on any atom is 0.227 e. The first-order valence-corrected chi connectivity index (χ1v) is 22.2. The normalized spacial score (nSPS) is 11.6. The number of pyridine rings is 1. The molecule has 4 aromatic heterocycles. The number of anilines is 6. The summed E-state index contributed by atoms with van der Waals surface area (Å²) in [5, 5.41) is 4.62. The average Bonchev–Trinajstić information content (AvgIpc) is 4.11. The van der Waals surface area contributed by atoms with Gasteiger partial charge in [0.1, 0.15) is 11.0 Å². The van der Waals surface area contributed by atoms with Crippen LogP contribution in [0.2, 0.25) is 0 Å². The second-order valence-electron chi connectivity index (χ2n) is 16.6. The minimum atomic E-state index is 0.591. The van der Waals surface area contributed by atoms with Gasteiger partial charge < -0.3 is 23.2 Å². The molecule has 316 valence electrons. The van der Waals surface area contributed by atoms with E-state index in [2.05, 4.69) is 183 Å². The standard InChI is InChI=1S/C59H38N6O2/c1-3-12-43(13-4-1)63(45-26-21-39(22-27-45)58-61-52-17-7-9-19-56(52)66-58)47-30-25-41-35-51-50-32-31-48(37-55(50)65(44-14-5-2-6-15-44)54(51)36-42(41)34-47)64(49-16-11-33-60-38-49)46-28-23-40(24-29-46)59-62-53-18-8-10-20-57(53)67-59/h1-38H. The Kier molecular flexibility index (Phi) is 8.99. The Bertz CT molecular complexity index is 3850. The van der Waals surface area contributed by atoms with E-state index in [0.717, 1.165) is 100 Å².